The van der Waals surface area contributed by atoms with Crippen LogP contribution in [0.2, 0.25) is 0 Å². The van der Waals surface area contributed by atoms with Crippen molar-refractivity contribution in [2.24, 2.45) is 34.0 Å². The van der Waals surface area contributed by atoms with Crippen LogP contribution in [0.5, 0.6) is 5.75 Å². The van der Waals surface area contributed by atoms with Gasteiger partial charge >= 0.3 is 23.9 Å². The highest BCUT2D eigenvalue weighted by molar-refractivity contribution is 5.68. The van der Waals surface area contributed by atoms with Gasteiger partial charge in [-0.15, -0.1) is 0 Å². The lowest BCUT2D eigenvalue weighted by atomic mass is 9.35. The number of carbonyl (C=O) groups is 4. The van der Waals surface area contributed by atoms with Crippen molar-refractivity contribution in [3.8, 4) is 5.75 Å². The number of esters is 4. The first-order valence-corrected chi connectivity index (χ1v) is 17.3. The molecular weight excluding hydrogens is 648 g/mol. The van der Waals surface area contributed by atoms with Gasteiger partial charge in [-0.05, 0) is 68.2 Å². The van der Waals surface area contributed by atoms with Crippen molar-refractivity contribution in [3.05, 3.63) is 41.5 Å². The number of aryl methyl sites for hydroxylation is 1. The highest BCUT2D eigenvalue weighted by atomic mass is 16.6. The summed E-state index contributed by atoms with van der Waals surface area (Å²) in [7, 11) is 1.59. The van der Waals surface area contributed by atoms with Crippen LogP contribution in [0.3, 0.4) is 0 Å². The molecule has 3 aliphatic rings. The molecule has 0 bridgehead atoms. The van der Waals surface area contributed by atoms with E-state index in [0.29, 0.717) is 30.6 Å². The molecule has 50 heavy (non-hydrogen) atoms. The molecular formula is C38H54O12. The maximum atomic E-state index is 13.0. The van der Waals surface area contributed by atoms with Gasteiger partial charge in [0.2, 0.25) is 0 Å². The number of rotatable bonds is 11. The second kappa shape index (κ2) is 14.6. The van der Waals surface area contributed by atoms with Gasteiger partial charge in [0.05, 0.1) is 24.7 Å². The van der Waals surface area contributed by atoms with E-state index in [1.165, 1.54) is 27.7 Å². The van der Waals surface area contributed by atoms with Crippen LogP contribution in [-0.4, -0.2) is 89.5 Å². The molecule has 12 nitrogen and oxygen atoms in total. The van der Waals surface area contributed by atoms with Crippen LogP contribution in [0.25, 0.3) is 0 Å². The number of aliphatic hydroxyl groups is 3. The lowest BCUT2D eigenvalue weighted by Crippen LogP contribution is -2.77. The summed E-state index contributed by atoms with van der Waals surface area (Å²) in [6.45, 7) is 10.9. The number of para-hydroxylation sites is 1. The Balaban J connectivity index is 2.02. The van der Waals surface area contributed by atoms with E-state index in [-0.39, 0.29) is 6.42 Å². The number of benzene rings is 1. The molecule has 2 saturated carbocycles. The molecule has 0 amide bonds. The molecule has 0 aromatic heterocycles. The minimum absolute atomic E-state index is 0.283. The van der Waals surface area contributed by atoms with Crippen molar-refractivity contribution >= 4 is 23.9 Å². The number of fused-ring (bicyclic) bond motifs is 3. The van der Waals surface area contributed by atoms with E-state index >= 15 is 0 Å². The van der Waals surface area contributed by atoms with Crippen LogP contribution in [0, 0.1) is 34.0 Å². The first-order chi connectivity index (χ1) is 23.4. The molecule has 3 aliphatic carbocycles. The molecule has 1 aromatic rings. The summed E-state index contributed by atoms with van der Waals surface area (Å²) in [5, 5.41) is 35.5. The molecule has 4 rings (SSSR count). The van der Waals surface area contributed by atoms with Gasteiger partial charge in [-0.1, -0.05) is 32.0 Å². The number of hydrogen-bond acceptors (Lipinski definition) is 12. The van der Waals surface area contributed by atoms with Crippen molar-refractivity contribution in [3.63, 3.8) is 0 Å². The Labute approximate surface area is 294 Å². The minimum atomic E-state index is -1.63. The second-order valence-electron chi connectivity index (χ2n) is 14.9. The van der Waals surface area contributed by atoms with Crippen molar-refractivity contribution < 1.29 is 58.2 Å². The van der Waals surface area contributed by atoms with Gasteiger partial charge in [-0.3, -0.25) is 19.2 Å². The number of ether oxygens (including phenoxy) is 5. The van der Waals surface area contributed by atoms with Crippen LogP contribution in [0.1, 0.15) is 80.2 Å². The molecule has 0 aliphatic heterocycles. The van der Waals surface area contributed by atoms with Gasteiger partial charge in [0.1, 0.15) is 24.1 Å². The average molecular weight is 703 g/mol. The zero-order valence-electron chi connectivity index (χ0n) is 30.7. The summed E-state index contributed by atoms with van der Waals surface area (Å²) in [4.78, 5) is 51.0. The van der Waals surface area contributed by atoms with Crippen molar-refractivity contribution in [1.29, 1.82) is 0 Å². The third-order valence-electron chi connectivity index (χ3n) is 12.4. The minimum Gasteiger partial charge on any atom is -0.496 e. The summed E-state index contributed by atoms with van der Waals surface area (Å²) in [5.74, 6) is -4.28. The van der Waals surface area contributed by atoms with E-state index in [1.807, 2.05) is 45.0 Å². The van der Waals surface area contributed by atoms with Crippen LogP contribution >= 0.6 is 0 Å². The molecule has 2 fully saturated rings. The predicted molar refractivity (Wildman–Crippen MR) is 180 cm³/mol. The Morgan fingerprint density at radius 1 is 0.940 bits per heavy atom. The molecule has 3 unspecified atom stereocenters. The Kier molecular flexibility index (Phi) is 11.5. The zero-order chi connectivity index (χ0) is 37.4. The third kappa shape index (κ3) is 6.43. The van der Waals surface area contributed by atoms with E-state index in [1.54, 1.807) is 20.1 Å². The molecule has 1 aromatic carbocycles. The normalized spacial score (nSPS) is 36.8. The largest absolute Gasteiger partial charge is 0.496 e. The monoisotopic (exact) mass is 702 g/mol. The Morgan fingerprint density at radius 2 is 1.56 bits per heavy atom. The topological polar surface area (TPSA) is 175 Å². The van der Waals surface area contributed by atoms with Crippen LogP contribution in [0.4, 0.5) is 0 Å². The van der Waals surface area contributed by atoms with Crippen molar-refractivity contribution in [2.45, 2.75) is 111 Å². The fourth-order valence-corrected chi connectivity index (χ4v) is 10.4. The fraction of sp³-hybridized carbons (Fsp3) is 0.684. The molecule has 11 atom stereocenters. The predicted octanol–water partition coefficient (Wildman–Crippen LogP) is 3.71. The standard InChI is InChI=1S/C38H54O12/c1-21-18-31(48-24(4)42)36(8)29(38(21,45)17-14-27-12-10-11-13-28(27)46-9)15-16-35(7)30(19-39)37(20-40,22(2)47-23(3)41)34(50-26(6)44)32(33(35)36)49-25(5)43/h10-13,18,22,29-34,39-40,45H,14-17,19-20H2,1-9H3/t22-,29?,30-,31+,32?,33?,34-,35-,36+,37+,38-/m0/s1. The second-order valence-corrected chi connectivity index (χ2v) is 14.9. The molecule has 12 heteroatoms. The lowest BCUT2D eigenvalue weighted by molar-refractivity contribution is -0.315. The highest BCUT2D eigenvalue weighted by Gasteiger charge is 2.76. The maximum Gasteiger partial charge on any atom is 0.303 e. The van der Waals surface area contributed by atoms with Gasteiger partial charge in [0.15, 0.2) is 6.10 Å². The van der Waals surface area contributed by atoms with Crippen molar-refractivity contribution in [1.82, 2.24) is 0 Å². The molecule has 0 saturated heterocycles. The quantitative estimate of drug-likeness (QED) is 0.174. The number of carbonyl (C=O) groups excluding carboxylic acids is 4. The molecule has 0 radical (unpaired) electrons. The SMILES string of the molecule is COc1ccccc1CC[C@]1(O)C(C)=C[C@@H](OC(C)=O)[C@@]2(C)C1CC[C@]1(C)C2C(OC(C)=O)[C@H](OC(C)=O)[C@](CO)([C@H](C)OC(C)=O)[C@H]1CO. The van der Waals surface area contributed by atoms with Gasteiger partial charge in [-0.25, -0.2) is 0 Å². The van der Waals surface area contributed by atoms with Gasteiger partial charge in [0.25, 0.3) is 0 Å². The first kappa shape index (κ1) is 39.3. The van der Waals surface area contributed by atoms with Crippen LogP contribution in [-0.2, 0) is 44.5 Å². The Hall–Kier alpha value is -3.48. The highest BCUT2D eigenvalue weighted by Crippen LogP contribution is 2.71. The molecule has 3 N–H and O–H groups in total. The van der Waals surface area contributed by atoms with Gasteiger partial charge in [-0.2, -0.15) is 0 Å². The van der Waals surface area contributed by atoms with E-state index in [2.05, 4.69) is 0 Å². The summed E-state index contributed by atoms with van der Waals surface area (Å²) >= 11 is 0. The Bertz CT molecular complexity index is 1490. The number of methoxy groups -OCH3 is 1. The number of aliphatic hydroxyl groups excluding tert-OH is 2. The Morgan fingerprint density at radius 3 is 2.10 bits per heavy atom. The zero-order valence-corrected chi connectivity index (χ0v) is 30.7. The summed E-state index contributed by atoms with van der Waals surface area (Å²) in [6, 6.07) is 7.57. The maximum absolute atomic E-state index is 13.0. The molecule has 278 valence electrons. The van der Waals surface area contributed by atoms with E-state index in [4.69, 9.17) is 23.7 Å². The molecule has 0 heterocycles. The average Bonchev–Trinajstić information content (AvgIpc) is 3.02. The van der Waals surface area contributed by atoms with Crippen LogP contribution < -0.4 is 4.74 Å². The smallest absolute Gasteiger partial charge is 0.303 e. The summed E-state index contributed by atoms with van der Waals surface area (Å²) in [6.07, 6.45) is -1.50. The number of hydrogen-bond donors (Lipinski definition) is 3. The fourth-order valence-electron chi connectivity index (χ4n) is 10.4. The third-order valence-corrected chi connectivity index (χ3v) is 12.4. The van der Waals surface area contributed by atoms with Gasteiger partial charge in [0, 0.05) is 57.5 Å². The van der Waals surface area contributed by atoms with E-state index < -0.39 is 101 Å². The summed E-state index contributed by atoms with van der Waals surface area (Å²) in [5.41, 5.74) is -3.75. The van der Waals surface area contributed by atoms with Crippen LogP contribution in [0.15, 0.2) is 35.9 Å². The summed E-state index contributed by atoms with van der Waals surface area (Å²) < 4.78 is 29.5. The first-order valence-electron chi connectivity index (χ1n) is 17.3. The van der Waals surface area contributed by atoms with E-state index in [0.717, 1.165) is 5.56 Å². The lowest BCUT2D eigenvalue weighted by Gasteiger charge is -2.71. The van der Waals surface area contributed by atoms with E-state index in [9.17, 15) is 34.5 Å². The van der Waals surface area contributed by atoms with Gasteiger partial charge < -0.3 is 39.0 Å². The van der Waals surface area contributed by atoms with Crippen molar-refractivity contribution in [2.75, 3.05) is 20.3 Å². The molecule has 0 spiro atoms.